The van der Waals surface area contributed by atoms with Gasteiger partial charge in [-0.05, 0) is 56.6 Å². The first-order chi connectivity index (χ1) is 8.59. The van der Waals surface area contributed by atoms with Gasteiger partial charge in [0.1, 0.15) is 0 Å². The summed E-state index contributed by atoms with van der Waals surface area (Å²) in [5.41, 5.74) is 4.61. The third-order valence-corrected chi connectivity index (χ3v) is 4.88. The van der Waals surface area contributed by atoms with Crippen molar-refractivity contribution >= 4 is 5.78 Å². The van der Waals surface area contributed by atoms with Gasteiger partial charge in [0.05, 0.1) is 0 Å². The van der Waals surface area contributed by atoms with Crippen LogP contribution >= 0.6 is 0 Å². The molecule has 2 aliphatic carbocycles. The summed E-state index contributed by atoms with van der Waals surface area (Å²) < 4.78 is 0. The fourth-order valence-electron chi connectivity index (χ4n) is 4.12. The van der Waals surface area contributed by atoms with Crippen LogP contribution in [-0.2, 0) is 0 Å². The molecule has 0 radical (unpaired) electrons. The normalized spacial score (nSPS) is 29.8. The lowest BCUT2D eigenvalue weighted by Gasteiger charge is -2.10. The zero-order valence-corrected chi connectivity index (χ0v) is 11.6. The molecule has 2 atom stereocenters. The lowest BCUT2D eigenvalue weighted by Crippen LogP contribution is -2.09. The first kappa shape index (κ1) is 12.0. The van der Waals surface area contributed by atoms with Gasteiger partial charge >= 0.3 is 0 Å². The largest absolute Gasteiger partial charge is 0.294 e. The van der Waals surface area contributed by atoms with E-state index in [4.69, 9.17) is 0 Å². The lowest BCUT2D eigenvalue weighted by molar-refractivity contribution is 0.0955. The maximum Gasteiger partial charge on any atom is 0.167 e. The Morgan fingerprint density at radius 1 is 1.00 bits per heavy atom. The molecule has 0 aliphatic heterocycles. The van der Waals surface area contributed by atoms with Crippen LogP contribution in [0, 0.1) is 38.5 Å². The molecule has 0 N–H and O–H groups in total. The number of rotatable bonds is 2. The van der Waals surface area contributed by atoms with Crippen LogP contribution in [0.1, 0.15) is 52.7 Å². The van der Waals surface area contributed by atoms with Crippen LogP contribution in [0.2, 0.25) is 0 Å². The smallest absolute Gasteiger partial charge is 0.167 e. The van der Waals surface area contributed by atoms with E-state index in [0.29, 0.717) is 23.5 Å². The molecule has 3 rings (SSSR count). The molecule has 1 nitrogen and oxygen atoms in total. The summed E-state index contributed by atoms with van der Waals surface area (Å²) in [7, 11) is 0. The quantitative estimate of drug-likeness (QED) is 0.709. The van der Waals surface area contributed by atoms with Crippen LogP contribution in [0.4, 0.5) is 0 Å². The summed E-state index contributed by atoms with van der Waals surface area (Å²) in [4.78, 5) is 12.7. The molecule has 0 heterocycles. The molecule has 2 fully saturated rings. The van der Waals surface area contributed by atoms with Gasteiger partial charge in [0.2, 0.25) is 0 Å². The van der Waals surface area contributed by atoms with Gasteiger partial charge in [-0.2, -0.15) is 0 Å². The topological polar surface area (TPSA) is 17.1 Å². The van der Waals surface area contributed by atoms with E-state index in [-0.39, 0.29) is 0 Å². The summed E-state index contributed by atoms with van der Waals surface area (Å²) in [5, 5.41) is 0. The molecule has 0 saturated heterocycles. The monoisotopic (exact) mass is 242 g/mol. The standard InChI is InChI=1S/C17H22O/c1-10-8-11(2)15(12(3)9-10)17(18)16-13-6-4-5-7-14(13)16/h8-9,13-14,16H,4-7H2,1-3H3. The first-order valence-electron chi connectivity index (χ1n) is 7.21. The molecule has 96 valence electrons. The summed E-state index contributed by atoms with van der Waals surface area (Å²) in [6, 6.07) is 4.29. The van der Waals surface area contributed by atoms with Crippen LogP contribution in [0.5, 0.6) is 0 Å². The SMILES string of the molecule is Cc1cc(C)c(C(=O)C2C3CCCCC32)c(C)c1. The first-order valence-corrected chi connectivity index (χ1v) is 7.21. The second kappa shape index (κ2) is 4.22. The minimum atomic E-state index is 0.354. The van der Waals surface area contributed by atoms with Gasteiger partial charge < -0.3 is 0 Å². The maximum atomic E-state index is 12.7. The van der Waals surface area contributed by atoms with E-state index >= 15 is 0 Å². The van der Waals surface area contributed by atoms with E-state index in [9.17, 15) is 4.79 Å². The number of carbonyl (C=O) groups excluding carboxylic acids is 1. The van der Waals surface area contributed by atoms with E-state index in [1.807, 2.05) is 0 Å². The molecule has 18 heavy (non-hydrogen) atoms. The Morgan fingerprint density at radius 2 is 1.50 bits per heavy atom. The van der Waals surface area contributed by atoms with Crippen molar-refractivity contribution in [3.63, 3.8) is 0 Å². The number of benzene rings is 1. The highest BCUT2D eigenvalue weighted by Crippen LogP contribution is 2.56. The Hall–Kier alpha value is -1.11. The van der Waals surface area contributed by atoms with E-state index in [1.165, 1.54) is 42.4 Å². The van der Waals surface area contributed by atoms with Crippen molar-refractivity contribution in [3.05, 3.63) is 34.4 Å². The van der Waals surface area contributed by atoms with Crippen molar-refractivity contribution in [2.75, 3.05) is 0 Å². The average molecular weight is 242 g/mol. The molecule has 1 heteroatoms. The Kier molecular flexibility index (Phi) is 2.80. The molecule has 0 spiro atoms. The highest BCUT2D eigenvalue weighted by molar-refractivity contribution is 6.02. The van der Waals surface area contributed by atoms with Gasteiger partial charge in [-0.1, -0.05) is 30.5 Å². The minimum Gasteiger partial charge on any atom is -0.294 e. The van der Waals surface area contributed by atoms with Crippen molar-refractivity contribution in [3.8, 4) is 0 Å². The highest BCUT2D eigenvalue weighted by Gasteiger charge is 2.54. The fourth-order valence-corrected chi connectivity index (χ4v) is 4.12. The second-order valence-corrected chi connectivity index (χ2v) is 6.28. The highest BCUT2D eigenvalue weighted by atomic mass is 16.1. The van der Waals surface area contributed by atoms with E-state index in [0.717, 1.165) is 5.56 Å². The van der Waals surface area contributed by atoms with Crippen molar-refractivity contribution in [1.82, 2.24) is 0 Å². The molecule has 2 unspecified atom stereocenters. The van der Waals surface area contributed by atoms with E-state index in [2.05, 4.69) is 32.9 Å². The number of aryl methyl sites for hydroxylation is 3. The third kappa shape index (κ3) is 1.81. The summed E-state index contributed by atoms with van der Waals surface area (Å²) in [5.74, 6) is 2.22. The van der Waals surface area contributed by atoms with Crippen LogP contribution in [0.3, 0.4) is 0 Å². The fraction of sp³-hybridized carbons (Fsp3) is 0.588. The van der Waals surface area contributed by atoms with Crippen molar-refractivity contribution in [2.45, 2.75) is 46.5 Å². The zero-order chi connectivity index (χ0) is 12.9. The predicted octanol–water partition coefficient (Wildman–Crippen LogP) is 4.23. The Balaban J connectivity index is 1.90. The van der Waals surface area contributed by atoms with Crippen molar-refractivity contribution < 1.29 is 4.79 Å². The Morgan fingerprint density at radius 3 is 2.00 bits per heavy atom. The molecule has 2 aliphatic rings. The molecule has 0 aromatic heterocycles. The van der Waals surface area contributed by atoms with Crippen LogP contribution < -0.4 is 0 Å². The van der Waals surface area contributed by atoms with Gasteiger partial charge in [-0.3, -0.25) is 4.79 Å². The van der Waals surface area contributed by atoms with Crippen LogP contribution in [-0.4, -0.2) is 5.78 Å². The van der Waals surface area contributed by atoms with Crippen molar-refractivity contribution in [1.29, 1.82) is 0 Å². The van der Waals surface area contributed by atoms with Crippen LogP contribution in [0.25, 0.3) is 0 Å². The molecular weight excluding hydrogens is 220 g/mol. The molecule has 0 bridgehead atoms. The maximum absolute atomic E-state index is 12.7. The third-order valence-electron chi connectivity index (χ3n) is 4.88. The molecular formula is C17H22O. The van der Waals surface area contributed by atoms with Gasteiger partial charge in [0.15, 0.2) is 5.78 Å². The number of hydrogen-bond donors (Lipinski definition) is 0. The average Bonchev–Trinajstić information content (AvgIpc) is 3.01. The molecule has 0 amide bonds. The lowest BCUT2D eigenvalue weighted by atomic mass is 9.93. The Bertz CT molecular complexity index is 465. The number of Topliss-reactive ketones (excluding diaryl/α,β-unsaturated/α-hetero) is 1. The molecule has 1 aromatic rings. The van der Waals surface area contributed by atoms with Crippen molar-refractivity contribution in [2.24, 2.45) is 17.8 Å². The number of carbonyl (C=O) groups is 1. The molecule has 2 saturated carbocycles. The number of hydrogen-bond acceptors (Lipinski definition) is 1. The Labute approximate surface area is 110 Å². The van der Waals surface area contributed by atoms with Gasteiger partial charge in [0.25, 0.3) is 0 Å². The summed E-state index contributed by atoms with van der Waals surface area (Å²) in [6.07, 6.45) is 5.23. The number of ketones is 1. The predicted molar refractivity (Wildman–Crippen MR) is 73.9 cm³/mol. The second-order valence-electron chi connectivity index (χ2n) is 6.28. The zero-order valence-electron chi connectivity index (χ0n) is 11.6. The molecule has 1 aromatic carbocycles. The summed E-state index contributed by atoms with van der Waals surface area (Å²) in [6.45, 7) is 6.27. The summed E-state index contributed by atoms with van der Waals surface area (Å²) >= 11 is 0. The van der Waals surface area contributed by atoms with Crippen LogP contribution in [0.15, 0.2) is 12.1 Å². The van der Waals surface area contributed by atoms with E-state index in [1.54, 1.807) is 0 Å². The van der Waals surface area contributed by atoms with Gasteiger partial charge in [-0.25, -0.2) is 0 Å². The minimum absolute atomic E-state index is 0.354. The van der Waals surface area contributed by atoms with Gasteiger partial charge in [0, 0.05) is 11.5 Å². The van der Waals surface area contributed by atoms with Gasteiger partial charge in [-0.15, -0.1) is 0 Å². The number of fused-ring (bicyclic) bond motifs is 1. The van der Waals surface area contributed by atoms with E-state index < -0.39 is 0 Å².